The van der Waals surface area contributed by atoms with E-state index in [1.54, 1.807) is 18.3 Å². The zero-order valence-corrected chi connectivity index (χ0v) is 11.5. The summed E-state index contributed by atoms with van der Waals surface area (Å²) in [6.45, 7) is 0.313. The Morgan fingerprint density at radius 3 is 2.41 bits per heavy atom. The molecule has 0 saturated heterocycles. The van der Waals surface area contributed by atoms with Gasteiger partial charge in [-0.2, -0.15) is 0 Å². The summed E-state index contributed by atoms with van der Waals surface area (Å²) in [7, 11) is 0. The second-order valence-electron chi connectivity index (χ2n) is 3.18. The van der Waals surface area contributed by atoms with Crippen LogP contribution in [0.3, 0.4) is 0 Å². The van der Waals surface area contributed by atoms with Crippen LogP contribution in [0, 0.1) is 0 Å². The summed E-state index contributed by atoms with van der Waals surface area (Å²) in [6.07, 6.45) is 1.64. The van der Waals surface area contributed by atoms with Gasteiger partial charge in [-0.15, -0.1) is 11.3 Å². The molecule has 2 N–H and O–H groups in total. The molecule has 3 nitrogen and oxygen atoms in total. The molecule has 7 heteroatoms. The maximum atomic E-state index is 5.98. The van der Waals surface area contributed by atoms with Crippen molar-refractivity contribution < 1.29 is 4.74 Å². The van der Waals surface area contributed by atoms with Gasteiger partial charge in [0.2, 0.25) is 0 Å². The largest absolute Gasteiger partial charge is 0.485 e. The molecule has 1 heterocycles. The fourth-order valence-electron chi connectivity index (χ4n) is 1.21. The predicted octanol–water partition coefficient (Wildman–Crippen LogP) is 4.26. The molecule has 0 saturated carbocycles. The smallest absolute Gasteiger partial charge is 0.183 e. The van der Waals surface area contributed by atoms with Crippen LogP contribution in [0.1, 0.15) is 4.88 Å². The van der Waals surface area contributed by atoms with Crippen molar-refractivity contribution in [1.82, 2.24) is 4.98 Å². The van der Waals surface area contributed by atoms with E-state index in [4.69, 9.17) is 45.3 Å². The molecule has 0 unspecified atom stereocenters. The first-order chi connectivity index (χ1) is 8.06. The first kappa shape index (κ1) is 12.8. The van der Waals surface area contributed by atoms with Crippen molar-refractivity contribution in [2.45, 2.75) is 6.61 Å². The van der Waals surface area contributed by atoms with E-state index >= 15 is 0 Å². The van der Waals surface area contributed by atoms with Crippen molar-refractivity contribution >= 4 is 51.8 Å². The van der Waals surface area contributed by atoms with Crippen molar-refractivity contribution in [3.8, 4) is 5.75 Å². The Morgan fingerprint density at radius 2 is 1.88 bits per heavy atom. The molecule has 1 aromatic heterocycles. The predicted molar refractivity (Wildman–Crippen MR) is 72.3 cm³/mol. The lowest BCUT2D eigenvalue weighted by Gasteiger charge is -2.09. The number of aromatic nitrogens is 1. The second kappa shape index (κ2) is 5.31. The van der Waals surface area contributed by atoms with Crippen LogP contribution in [0.2, 0.25) is 14.5 Å². The standard InChI is InChI=1S/C10H7Cl3N2OS/c11-7-1-5(14)2-8(12)9(7)16-4-6-3-15-10(13)17-6/h1-3H,4,14H2. The van der Waals surface area contributed by atoms with Gasteiger partial charge in [-0.1, -0.05) is 34.8 Å². The molecule has 90 valence electrons. The summed E-state index contributed by atoms with van der Waals surface area (Å²) in [6, 6.07) is 3.17. The minimum atomic E-state index is 0.313. The Bertz CT molecular complexity index is 521. The van der Waals surface area contributed by atoms with Gasteiger partial charge >= 0.3 is 0 Å². The number of halogens is 3. The number of benzene rings is 1. The first-order valence-electron chi connectivity index (χ1n) is 4.54. The maximum absolute atomic E-state index is 5.98. The summed E-state index contributed by atoms with van der Waals surface area (Å²) in [5.74, 6) is 0.409. The van der Waals surface area contributed by atoms with Crippen molar-refractivity contribution in [2.24, 2.45) is 0 Å². The highest BCUT2D eigenvalue weighted by Crippen LogP contribution is 2.35. The lowest BCUT2D eigenvalue weighted by Crippen LogP contribution is -1.95. The van der Waals surface area contributed by atoms with Crippen molar-refractivity contribution in [2.75, 3.05) is 5.73 Å². The van der Waals surface area contributed by atoms with E-state index in [1.165, 1.54) is 11.3 Å². The molecular formula is C10H7Cl3N2OS. The van der Waals surface area contributed by atoms with Crippen LogP contribution in [0.5, 0.6) is 5.75 Å². The van der Waals surface area contributed by atoms with Crippen LogP contribution in [0.25, 0.3) is 0 Å². The highest BCUT2D eigenvalue weighted by Gasteiger charge is 2.09. The molecule has 0 spiro atoms. The van der Waals surface area contributed by atoms with E-state index in [0.29, 0.717) is 32.6 Å². The topological polar surface area (TPSA) is 48.1 Å². The summed E-state index contributed by atoms with van der Waals surface area (Å²) >= 11 is 19.0. The van der Waals surface area contributed by atoms with Gasteiger partial charge in [0.05, 0.1) is 14.9 Å². The van der Waals surface area contributed by atoms with Crippen LogP contribution >= 0.6 is 46.1 Å². The van der Waals surface area contributed by atoms with E-state index < -0.39 is 0 Å². The maximum Gasteiger partial charge on any atom is 0.183 e. The molecule has 0 radical (unpaired) electrons. The molecule has 0 aliphatic rings. The summed E-state index contributed by atoms with van der Waals surface area (Å²) < 4.78 is 5.98. The number of rotatable bonds is 3. The van der Waals surface area contributed by atoms with Gasteiger partial charge in [-0.05, 0) is 12.1 Å². The third-order valence-electron chi connectivity index (χ3n) is 1.90. The number of nitrogens with two attached hydrogens (primary N) is 1. The van der Waals surface area contributed by atoms with Gasteiger partial charge in [0.15, 0.2) is 10.2 Å². The average Bonchev–Trinajstić information content (AvgIpc) is 2.62. The fraction of sp³-hybridized carbons (Fsp3) is 0.100. The lowest BCUT2D eigenvalue weighted by molar-refractivity contribution is 0.310. The monoisotopic (exact) mass is 308 g/mol. The SMILES string of the molecule is Nc1cc(Cl)c(OCc2cnc(Cl)s2)c(Cl)c1. The van der Waals surface area contributed by atoms with Crippen LogP contribution in [0.15, 0.2) is 18.3 Å². The number of nitrogens with zero attached hydrogens (tertiary/aromatic N) is 1. The number of hydrogen-bond donors (Lipinski definition) is 1. The van der Waals surface area contributed by atoms with Gasteiger partial charge in [-0.3, -0.25) is 0 Å². The summed E-state index contributed by atoms with van der Waals surface area (Å²) in [5, 5.41) is 0.760. The highest BCUT2D eigenvalue weighted by atomic mass is 35.5. The normalized spacial score (nSPS) is 10.5. The van der Waals surface area contributed by atoms with E-state index in [1.807, 2.05) is 0 Å². The van der Waals surface area contributed by atoms with Gasteiger partial charge in [0.25, 0.3) is 0 Å². The molecule has 0 atom stereocenters. The minimum absolute atomic E-state index is 0.313. The molecule has 0 aliphatic heterocycles. The number of hydrogen-bond acceptors (Lipinski definition) is 4. The quantitative estimate of drug-likeness (QED) is 0.862. The number of nitrogen functional groups attached to an aromatic ring is 1. The highest BCUT2D eigenvalue weighted by molar-refractivity contribution is 7.15. The Kier molecular flexibility index (Phi) is 3.99. The van der Waals surface area contributed by atoms with E-state index in [-0.39, 0.29) is 0 Å². The van der Waals surface area contributed by atoms with E-state index in [9.17, 15) is 0 Å². The van der Waals surface area contributed by atoms with Gasteiger partial charge in [-0.25, -0.2) is 4.98 Å². The second-order valence-corrected chi connectivity index (χ2v) is 5.69. The molecule has 2 aromatic rings. The number of anilines is 1. The Hall–Kier alpha value is -0.680. The lowest BCUT2D eigenvalue weighted by atomic mass is 10.3. The van der Waals surface area contributed by atoms with Crippen LogP contribution in [0.4, 0.5) is 5.69 Å². The zero-order valence-electron chi connectivity index (χ0n) is 8.41. The fourth-order valence-corrected chi connectivity index (χ4v) is 2.72. The van der Waals surface area contributed by atoms with E-state index in [0.717, 1.165) is 4.88 Å². The van der Waals surface area contributed by atoms with Crippen LogP contribution in [-0.4, -0.2) is 4.98 Å². The summed E-state index contributed by atoms with van der Waals surface area (Å²) in [5.41, 5.74) is 6.08. The van der Waals surface area contributed by atoms with Gasteiger partial charge in [0, 0.05) is 11.9 Å². The van der Waals surface area contributed by atoms with Gasteiger partial charge in [0.1, 0.15) is 6.61 Å². The third kappa shape index (κ3) is 3.16. The molecule has 0 amide bonds. The molecule has 17 heavy (non-hydrogen) atoms. The molecule has 0 aliphatic carbocycles. The Balaban J connectivity index is 2.14. The third-order valence-corrected chi connectivity index (χ3v) is 3.55. The molecule has 0 fully saturated rings. The Morgan fingerprint density at radius 1 is 1.24 bits per heavy atom. The van der Waals surface area contributed by atoms with Crippen molar-refractivity contribution in [3.63, 3.8) is 0 Å². The molecule has 1 aromatic carbocycles. The van der Waals surface area contributed by atoms with Crippen LogP contribution in [-0.2, 0) is 6.61 Å². The summed E-state index contributed by atoms with van der Waals surface area (Å²) in [4.78, 5) is 4.79. The molecule has 0 bridgehead atoms. The van der Waals surface area contributed by atoms with E-state index in [2.05, 4.69) is 4.98 Å². The van der Waals surface area contributed by atoms with Crippen molar-refractivity contribution in [3.05, 3.63) is 37.7 Å². The number of ether oxygens (including phenoxy) is 1. The zero-order chi connectivity index (χ0) is 12.4. The van der Waals surface area contributed by atoms with Crippen LogP contribution < -0.4 is 10.5 Å². The Labute approximate surface area is 117 Å². The molecule has 2 rings (SSSR count). The first-order valence-corrected chi connectivity index (χ1v) is 6.49. The molecular weight excluding hydrogens is 303 g/mol. The van der Waals surface area contributed by atoms with Gasteiger partial charge < -0.3 is 10.5 Å². The van der Waals surface area contributed by atoms with Crippen molar-refractivity contribution in [1.29, 1.82) is 0 Å². The average molecular weight is 310 g/mol. The minimum Gasteiger partial charge on any atom is -0.485 e. The number of thiazole rings is 1.